The van der Waals surface area contributed by atoms with E-state index in [0.29, 0.717) is 6.54 Å². The monoisotopic (exact) mass is 253 g/mol. The maximum absolute atomic E-state index is 5.87. The van der Waals surface area contributed by atoms with Crippen LogP contribution >= 0.6 is 11.8 Å². The highest BCUT2D eigenvalue weighted by atomic mass is 32.2. The lowest BCUT2D eigenvalue weighted by molar-refractivity contribution is 0.416. The van der Waals surface area contributed by atoms with Crippen LogP contribution in [-0.2, 0) is 6.54 Å². The highest BCUT2D eigenvalue weighted by molar-refractivity contribution is 7.98. The molecule has 1 aromatic carbocycles. The van der Waals surface area contributed by atoms with Crippen LogP contribution in [0.3, 0.4) is 0 Å². The van der Waals surface area contributed by atoms with Gasteiger partial charge in [-0.1, -0.05) is 6.07 Å². The molecular formula is C13H23N3S. The first-order chi connectivity index (χ1) is 8.10. The minimum absolute atomic E-state index is 0.596. The van der Waals surface area contributed by atoms with E-state index in [2.05, 4.69) is 55.4 Å². The molecule has 0 aliphatic carbocycles. The lowest BCUT2D eigenvalue weighted by Crippen LogP contribution is -2.29. The van der Waals surface area contributed by atoms with Crippen LogP contribution in [0.1, 0.15) is 5.56 Å². The van der Waals surface area contributed by atoms with E-state index in [1.807, 2.05) is 0 Å². The van der Waals surface area contributed by atoms with Gasteiger partial charge in [0.2, 0.25) is 0 Å². The molecule has 0 fully saturated rings. The molecular weight excluding hydrogens is 230 g/mol. The summed E-state index contributed by atoms with van der Waals surface area (Å²) in [7, 11) is 6.31. The lowest BCUT2D eigenvalue weighted by Gasteiger charge is -2.25. The molecule has 0 aromatic heterocycles. The fourth-order valence-corrected chi connectivity index (χ4v) is 2.43. The topological polar surface area (TPSA) is 32.5 Å². The Bertz CT molecular complexity index is 353. The van der Waals surface area contributed by atoms with Gasteiger partial charge in [0, 0.05) is 42.8 Å². The highest BCUT2D eigenvalue weighted by Crippen LogP contribution is 2.28. The predicted molar refractivity (Wildman–Crippen MR) is 77.9 cm³/mol. The number of nitrogens with two attached hydrogens (primary N) is 1. The van der Waals surface area contributed by atoms with E-state index >= 15 is 0 Å². The maximum atomic E-state index is 5.87. The zero-order valence-electron chi connectivity index (χ0n) is 11.2. The summed E-state index contributed by atoms with van der Waals surface area (Å²) >= 11 is 1.76. The second kappa shape index (κ2) is 6.89. The number of likely N-dealkylation sites (N-methyl/N-ethyl adjacent to an activating group) is 2. The number of hydrogen-bond donors (Lipinski definition) is 1. The summed E-state index contributed by atoms with van der Waals surface area (Å²) in [6.07, 6.45) is 2.10. The first-order valence-corrected chi connectivity index (χ1v) is 7.04. The van der Waals surface area contributed by atoms with Crippen LogP contribution < -0.4 is 10.6 Å². The van der Waals surface area contributed by atoms with E-state index < -0.39 is 0 Å². The Balaban J connectivity index is 2.88. The van der Waals surface area contributed by atoms with E-state index in [1.54, 1.807) is 11.8 Å². The Kier molecular flexibility index (Phi) is 5.82. The third-order valence-corrected chi connectivity index (χ3v) is 3.65. The summed E-state index contributed by atoms with van der Waals surface area (Å²) in [6, 6.07) is 6.39. The highest BCUT2D eigenvalue weighted by Gasteiger charge is 2.10. The standard InChI is InChI=1S/C13H23N3S/c1-15(2)8-9-16(3)12-6-5-7-13(17-4)11(12)10-14/h5-7H,8-10,14H2,1-4H3. The molecule has 2 N–H and O–H groups in total. The van der Waals surface area contributed by atoms with Gasteiger partial charge in [-0.15, -0.1) is 11.8 Å². The molecule has 0 aliphatic heterocycles. The van der Waals surface area contributed by atoms with Crippen LogP contribution in [-0.4, -0.2) is 45.4 Å². The summed E-state index contributed by atoms with van der Waals surface area (Å²) < 4.78 is 0. The van der Waals surface area contributed by atoms with Gasteiger partial charge in [0.25, 0.3) is 0 Å². The van der Waals surface area contributed by atoms with Gasteiger partial charge in [0.05, 0.1) is 0 Å². The van der Waals surface area contributed by atoms with Gasteiger partial charge in [0.15, 0.2) is 0 Å². The van der Waals surface area contributed by atoms with Crippen LogP contribution in [0.15, 0.2) is 23.1 Å². The molecule has 96 valence electrons. The van der Waals surface area contributed by atoms with E-state index in [0.717, 1.165) is 13.1 Å². The first-order valence-electron chi connectivity index (χ1n) is 5.82. The Hall–Kier alpha value is -0.710. The van der Waals surface area contributed by atoms with Gasteiger partial charge < -0.3 is 15.5 Å². The fraction of sp³-hybridized carbons (Fsp3) is 0.538. The Morgan fingerprint density at radius 2 is 1.88 bits per heavy atom. The largest absolute Gasteiger partial charge is 0.373 e. The number of anilines is 1. The third-order valence-electron chi connectivity index (χ3n) is 2.83. The summed E-state index contributed by atoms with van der Waals surface area (Å²) in [5.74, 6) is 0. The summed E-state index contributed by atoms with van der Waals surface area (Å²) in [5, 5.41) is 0. The van der Waals surface area contributed by atoms with Crippen molar-refractivity contribution in [1.82, 2.24) is 4.90 Å². The molecule has 0 spiro atoms. The second-order valence-electron chi connectivity index (χ2n) is 4.39. The molecule has 0 heterocycles. The molecule has 1 rings (SSSR count). The van der Waals surface area contributed by atoms with Crippen molar-refractivity contribution < 1.29 is 0 Å². The van der Waals surface area contributed by atoms with Crippen molar-refractivity contribution in [3.8, 4) is 0 Å². The van der Waals surface area contributed by atoms with Crippen molar-refractivity contribution in [2.24, 2.45) is 5.73 Å². The van der Waals surface area contributed by atoms with E-state index in [4.69, 9.17) is 5.73 Å². The van der Waals surface area contributed by atoms with Crippen molar-refractivity contribution in [2.45, 2.75) is 11.4 Å². The van der Waals surface area contributed by atoms with Crippen LogP contribution in [0.25, 0.3) is 0 Å². The molecule has 3 nitrogen and oxygen atoms in total. The van der Waals surface area contributed by atoms with Crippen LogP contribution in [0.4, 0.5) is 5.69 Å². The molecule has 0 bridgehead atoms. The van der Waals surface area contributed by atoms with Gasteiger partial charge in [-0.3, -0.25) is 0 Å². The molecule has 0 radical (unpaired) electrons. The van der Waals surface area contributed by atoms with Gasteiger partial charge in [-0.2, -0.15) is 0 Å². The molecule has 1 aromatic rings. The second-order valence-corrected chi connectivity index (χ2v) is 5.23. The summed E-state index contributed by atoms with van der Waals surface area (Å²) in [5.41, 5.74) is 8.37. The van der Waals surface area contributed by atoms with Gasteiger partial charge in [-0.05, 0) is 32.5 Å². The molecule has 0 unspecified atom stereocenters. The average Bonchev–Trinajstić information content (AvgIpc) is 2.34. The van der Waals surface area contributed by atoms with Crippen molar-refractivity contribution >= 4 is 17.4 Å². The van der Waals surface area contributed by atoms with E-state index in [9.17, 15) is 0 Å². The number of rotatable bonds is 6. The summed E-state index contributed by atoms with van der Waals surface area (Å²) in [6.45, 7) is 2.65. The zero-order valence-corrected chi connectivity index (χ0v) is 12.0. The minimum Gasteiger partial charge on any atom is -0.373 e. The average molecular weight is 253 g/mol. The van der Waals surface area contributed by atoms with E-state index in [-0.39, 0.29) is 0 Å². The Morgan fingerprint density at radius 1 is 1.18 bits per heavy atom. The van der Waals surface area contributed by atoms with Crippen molar-refractivity contribution in [3.63, 3.8) is 0 Å². The zero-order chi connectivity index (χ0) is 12.8. The van der Waals surface area contributed by atoms with Gasteiger partial charge >= 0.3 is 0 Å². The third kappa shape index (κ3) is 3.91. The molecule has 0 atom stereocenters. The predicted octanol–water partition coefficient (Wildman–Crippen LogP) is 1.86. The lowest BCUT2D eigenvalue weighted by atomic mass is 10.1. The van der Waals surface area contributed by atoms with Crippen molar-refractivity contribution in [3.05, 3.63) is 23.8 Å². The fourth-order valence-electron chi connectivity index (χ4n) is 1.78. The van der Waals surface area contributed by atoms with Crippen LogP contribution in [0.5, 0.6) is 0 Å². The minimum atomic E-state index is 0.596. The molecule has 4 heteroatoms. The Labute approximate surface area is 109 Å². The van der Waals surface area contributed by atoms with Crippen LogP contribution in [0, 0.1) is 0 Å². The normalized spacial score (nSPS) is 10.9. The molecule has 17 heavy (non-hydrogen) atoms. The molecule has 0 aliphatic rings. The van der Waals surface area contributed by atoms with Gasteiger partial charge in [-0.25, -0.2) is 0 Å². The first kappa shape index (κ1) is 14.4. The number of nitrogens with zero attached hydrogens (tertiary/aromatic N) is 2. The number of thioether (sulfide) groups is 1. The van der Waals surface area contributed by atoms with Crippen molar-refractivity contribution in [2.75, 3.05) is 45.4 Å². The Morgan fingerprint density at radius 3 is 2.41 bits per heavy atom. The quantitative estimate of drug-likeness (QED) is 0.785. The SMILES string of the molecule is CSc1cccc(N(C)CCN(C)C)c1CN. The number of hydrogen-bond acceptors (Lipinski definition) is 4. The van der Waals surface area contributed by atoms with Crippen LogP contribution in [0.2, 0.25) is 0 Å². The molecule has 0 saturated carbocycles. The number of benzene rings is 1. The van der Waals surface area contributed by atoms with E-state index in [1.165, 1.54) is 16.1 Å². The maximum Gasteiger partial charge on any atom is 0.0420 e. The van der Waals surface area contributed by atoms with Gasteiger partial charge in [0.1, 0.15) is 0 Å². The molecule has 0 saturated heterocycles. The molecule has 0 amide bonds. The summed E-state index contributed by atoms with van der Waals surface area (Å²) in [4.78, 5) is 5.75. The van der Waals surface area contributed by atoms with Crippen molar-refractivity contribution in [1.29, 1.82) is 0 Å². The smallest absolute Gasteiger partial charge is 0.0420 e.